The van der Waals surface area contributed by atoms with Gasteiger partial charge in [-0.15, -0.1) is 0 Å². The van der Waals surface area contributed by atoms with E-state index >= 15 is 0 Å². The second-order valence-electron chi connectivity index (χ2n) is 4.76. The highest BCUT2D eigenvalue weighted by Gasteiger charge is 2.20. The fourth-order valence-corrected chi connectivity index (χ4v) is 2.16. The van der Waals surface area contributed by atoms with Crippen LogP contribution in [0.3, 0.4) is 0 Å². The van der Waals surface area contributed by atoms with Gasteiger partial charge in [-0.2, -0.15) is 0 Å². The zero-order chi connectivity index (χ0) is 14.8. The molecule has 1 aliphatic rings. The summed E-state index contributed by atoms with van der Waals surface area (Å²) in [7, 11) is 0. The minimum absolute atomic E-state index is 0.0695. The minimum atomic E-state index is -0.467. The lowest BCUT2D eigenvalue weighted by Crippen LogP contribution is -2.33. The Balaban J connectivity index is 1.88. The lowest BCUT2D eigenvalue weighted by molar-refractivity contribution is -0.383. The summed E-state index contributed by atoms with van der Waals surface area (Å²) in [5.74, 6) is 0. The van der Waals surface area contributed by atoms with Crippen LogP contribution in [0.2, 0.25) is 0 Å². The Labute approximate surface area is 119 Å². The molecule has 0 saturated carbocycles. The summed E-state index contributed by atoms with van der Waals surface area (Å²) in [6.07, 6.45) is 4.07. The maximum Gasteiger partial charge on any atom is 0.330 e. The second-order valence-corrected chi connectivity index (χ2v) is 4.76. The van der Waals surface area contributed by atoms with E-state index in [0.29, 0.717) is 17.9 Å². The topological polar surface area (TPSA) is 102 Å². The molecule has 0 amide bonds. The van der Waals surface area contributed by atoms with E-state index in [1.165, 1.54) is 23.0 Å². The van der Waals surface area contributed by atoms with Gasteiger partial charge in [-0.25, -0.2) is 4.79 Å². The molecule has 0 radical (unpaired) electrons. The first-order valence-electron chi connectivity index (χ1n) is 6.55. The Kier molecular flexibility index (Phi) is 3.44. The number of hydrogen-bond donors (Lipinski definition) is 2. The number of ether oxygens (including phenoxy) is 1. The van der Waals surface area contributed by atoms with Crippen LogP contribution in [0.4, 0.5) is 11.4 Å². The van der Waals surface area contributed by atoms with Crippen LogP contribution < -0.4 is 11.0 Å². The van der Waals surface area contributed by atoms with Gasteiger partial charge in [0.2, 0.25) is 0 Å². The summed E-state index contributed by atoms with van der Waals surface area (Å²) in [6.45, 7) is 1.27. The molecule has 110 valence electrons. The average molecular weight is 290 g/mol. The number of benzene rings is 1. The molecule has 1 saturated heterocycles. The molecule has 1 fully saturated rings. The Hall–Kier alpha value is -2.61. The second kappa shape index (κ2) is 5.41. The van der Waals surface area contributed by atoms with Crippen LogP contribution in [0.5, 0.6) is 0 Å². The van der Waals surface area contributed by atoms with E-state index in [9.17, 15) is 14.9 Å². The summed E-state index contributed by atoms with van der Waals surface area (Å²) in [6, 6.07) is 4.64. The molecular weight excluding hydrogens is 276 g/mol. The number of imidazole rings is 1. The van der Waals surface area contributed by atoms with Crippen molar-refractivity contribution in [2.75, 3.05) is 18.5 Å². The summed E-state index contributed by atoms with van der Waals surface area (Å²) < 4.78 is 6.58. The van der Waals surface area contributed by atoms with Crippen molar-refractivity contribution in [2.45, 2.75) is 12.5 Å². The van der Waals surface area contributed by atoms with Crippen molar-refractivity contribution in [1.82, 2.24) is 9.55 Å². The van der Waals surface area contributed by atoms with Crippen LogP contribution in [0, 0.1) is 10.1 Å². The number of nitrogens with one attached hydrogen (secondary N) is 2. The lowest BCUT2D eigenvalue weighted by Gasteiger charge is -2.26. The SMILES string of the molecule is O=c1[nH]ccn1-c1ccc(NC[C@@H]2CCO2)c([N+](=O)[O-])c1. The third-order valence-corrected chi connectivity index (χ3v) is 3.42. The third-order valence-electron chi connectivity index (χ3n) is 3.42. The molecule has 0 aliphatic carbocycles. The Morgan fingerprint density at radius 2 is 2.33 bits per heavy atom. The van der Waals surface area contributed by atoms with Gasteiger partial charge in [0.25, 0.3) is 5.69 Å². The molecule has 21 heavy (non-hydrogen) atoms. The van der Waals surface area contributed by atoms with Gasteiger partial charge in [-0.3, -0.25) is 14.7 Å². The minimum Gasteiger partial charge on any atom is -0.377 e. The van der Waals surface area contributed by atoms with Crippen molar-refractivity contribution in [2.24, 2.45) is 0 Å². The summed E-state index contributed by atoms with van der Waals surface area (Å²) in [5, 5.41) is 14.2. The van der Waals surface area contributed by atoms with Crippen LogP contribution in [0.1, 0.15) is 6.42 Å². The fourth-order valence-electron chi connectivity index (χ4n) is 2.16. The predicted molar refractivity (Wildman–Crippen MR) is 75.9 cm³/mol. The van der Waals surface area contributed by atoms with E-state index in [0.717, 1.165) is 13.0 Å². The van der Waals surface area contributed by atoms with Gasteiger partial charge in [-0.1, -0.05) is 0 Å². The highest BCUT2D eigenvalue weighted by atomic mass is 16.6. The number of nitrogens with zero attached hydrogens (tertiary/aromatic N) is 2. The Morgan fingerprint density at radius 3 is 2.90 bits per heavy atom. The van der Waals surface area contributed by atoms with E-state index in [1.54, 1.807) is 12.1 Å². The predicted octanol–water partition coefficient (Wildman–Crippen LogP) is 1.27. The number of anilines is 1. The van der Waals surface area contributed by atoms with Crippen molar-refractivity contribution in [3.8, 4) is 5.69 Å². The molecular formula is C13H14N4O4. The zero-order valence-electron chi connectivity index (χ0n) is 11.1. The highest BCUT2D eigenvalue weighted by molar-refractivity contribution is 5.65. The molecule has 0 bridgehead atoms. The first kappa shape index (κ1) is 13.4. The number of H-pyrrole nitrogens is 1. The average Bonchev–Trinajstić information content (AvgIpc) is 2.83. The van der Waals surface area contributed by atoms with Crippen LogP contribution in [-0.4, -0.2) is 33.7 Å². The zero-order valence-corrected chi connectivity index (χ0v) is 11.1. The Morgan fingerprint density at radius 1 is 1.52 bits per heavy atom. The number of aromatic nitrogens is 2. The monoisotopic (exact) mass is 290 g/mol. The molecule has 0 unspecified atom stereocenters. The van der Waals surface area contributed by atoms with Crippen molar-refractivity contribution < 1.29 is 9.66 Å². The van der Waals surface area contributed by atoms with Crippen LogP contribution in [0.15, 0.2) is 35.4 Å². The molecule has 2 aromatic rings. The molecule has 1 aromatic heterocycles. The van der Waals surface area contributed by atoms with E-state index in [1.807, 2.05) is 0 Å². The third kappa shape index (κ3) is 2.65. The van der Waals surface area contributed by atoms with Gasteiger partial charge in [-0.05, 0) is 18.6 Å². The number of aromatic amines is 1. The first-order chi connectivity index (χ1) is 10.1. The standard InChI is InChI=1S/C13H14N4O4/c18-13-14-4-5-16(13)9-1-2-11(12(7-9)17(19)20)15-8-10-3-6-21-10/h1-2,4-5,7,10,15H,3,6,8H2,(H,14,18)/t10-/m0/s1. The molecule has 0 spiro atoms. The quantitative estimate of drug-likeness (QED) is 0.638. The largest absolute Gasteiger partial charge is 0.377 e. The molecule has 8 nitrogen and oxygen atoms in total. The van der Waals surface area contributed by atoms with E-state index < -0.39 is 4.92 Å². The number of rotatable bonds is 5. The molecule has 2 N–H and O–H groups in total. The van der Waals surface area contributed by atoms with Gasteiger partial charge in [0.05, 0.1) is 16.7 Å². The molecule has 3 rings (SSSR count). The van der Waals surface area contributed by atoms with Crippen molar-refractivity contribution >= 4 is 11.4 Å². The molecule has 2 heterocycles. The summed E-state index contributed by atoms with van der Waals surface area (Å²) >= 11 is 0. The fraction of sp³-hybridized carbons (Fsp3) is 0.308. The van der Waals surface area contributed by atoms with Crippen LogP contribution in [-0.2, 0) is 4.74 Å². The van der Waals surface area contributed by atoms with Gasteiger partial charge in [0.1, 0.15) is 5.69 Å². The summed E-state index contributed by atoms with van der Waals surface area (Å²) in [4.78, 5) is 24.8. The Bertz CT molecular complexity index is 717. The molecule has 1 atom stereocenters. The van der Waals surface area contributed by atoms with Crippen molar-refractivity contribution in [3.05, 3.63) is 51.2 Å². The van der Waals surface area contributed by atoms with Gasteiger partial charge in [0, 0.05) is 31.6 Å². The molecule has 1 aliphatic heterocycles. The van der Waals surface area contributed by atoms with Crippen molar-refractivity contribution in [1.29, 1.82) is 0 Å². The van der Waals surface area contributed by atoms with Gasteiger partial charge in [0.15, 0.2) is 0 Å². The number of hydrogen-bond acceptors (Lipinski definition) is 5. The van der Waals surface area contributed by atoms with Crippen LogP contribution >= 0.6 is 0 Å². The van der Waals surface area contributed by atoms with E-state index in [-0.39, 0.29) is 17.5 Å². The van der Waals surface area contributed by atoms with E-state index in [2.05, 4.69) is 10.3 Å². The summed E-state index contributed by atoms with van der Waals surface area (Å²) in [5.41, 5.74) is 0.453. The maximum absolute atomic E-state index is 11.6. The van der Waals surface area contributed by atoms with Crippen LogP contribution in [0.25, 0.3) is 5.69 Å². The maximum atomic E-state index is 11.6. The van der Waals surface area contributed by atoms with Gasteiger partial charge < -0.3 is 15.0 Å². The number of nitro benzene ring substituents is 1. The molecule has 8 heteroatoms. The normalized spacial score (nSPS) is 17.2. The lowest BCUT2D eigenvalue weighted by atomic mass is 10.2. The van der Waals surface area contributed by atoms with Gasteiger partial charge >= 0.3 is 5.69 Å². The van der Waals surface area contributed by atoms with Crippen molar-refractivity contribution in [3.63, 3.8) is 0 Å². The smallest absolute Gasteiger partial charge is 0.330 e. The number of nitro groups is 1. The first-order valence-corrected chi connectivity index (χ1v) is 6.55. The molecule has 1 aromatic carbocycles. The van der Waals surface area contributed by atoms with E-state index in [4.69, 9.17) is 4.74 Å². The highest BCUT2D eigenvalue weighted by Crippen LogP contribution is 2.27.